The van der Waals surface area contributed by atoms with Gasteiger partial charge in [0.05, 0.1) is 5.69 Å². The molecule has 25 heavy (non-hydrogen) atoms. The van der Waals surface area contributed by atoms with E-state index < -0.39 is 0 Å². The van der Waals surface area contributed by atoms with Crippen LogP contribution in [0.25, 0.3) is 5.69 Å². The van der Waals surface area contributed by atoms with Crippen LogP contribution in [0.2, 0.25) is 0 Å². The zero-order valence-electron chi connectivity index (χ0n) is 14.4. The Kier molecular flexibility index (Phi) is 6.23. The highest BCUT2D eigenvalue weighted by Gasteiger charge is 2.00. The Morgan fingerprint density at radius 2 is 1.88 bits per heavy atom. The van der Waals surface area contributed by atoms with E-state index in [1.165, 1.54) is 10.4 Å². The molecule has 6 heteroatoms. The number of hydrogen-bond donors (Lipinski definition) is 2. The Morgan fingerprint density at radius 1 is 1.08 bits per heavy atom. The molecule has 0 aliphatic carbocycles. The van der Waals surface area contributed by atoms with Crippen LogP contribution in [0.3, 0.4) is 0 Å². The summed E-state index contributed by atoms with van der Waals surface area (Å²) in [5.74, 6) is 0.852. The molecule has 0 spiro atoms. The first-order chi connectivity index (χ1) is 12.3. The van der Waals surface area contributed by atoms with Crippen molar-refractivity contribution in [2.45, 2.75) is 12.8 Å². The summed E-state index contributed by atoms with van der Waals surface area (Å²) in [6, 6.07) is 14.7. The lowest BCUT2D eigenvalue weighted by Gasteiger charge is -2.11. The minimum absolute atomic E-state index is 0.847. The molecule has 0 aliphatic rings. The molecular formula is C19H23N5S. The first-order valence-electron chi connectivity index (χ1n) is 8.41. The molecule has 3 rings (SSSR count). The van der Waals surface area contributed by atoms with E-state index in [0.29, 0.717) is 0 Å². The smallest absolute Gasteiger partial charge is 0.190 e. The number of hydrogen-bond acceptors (Lipinski definition) is 3. The zero-order valence-corrected chi connectivity index (χ0v) is 15.2. The van der Waals surface area contributed by atoms with Gasteiger partial charge in [0.25, 0.3) is 0 Å². The molecule has 0 bridgehead atoms. The van der Waals surface area contributed by atoms with Crippen LogP contribution in [0.15, 0.2) is 65.2 Å². The molecule has 2 heterocycles. The summed E-state index contributed by atoms with van der Waals surface area (Å²) in [6.45, 7) is 1.73. The van der Waals surface area contributed by atoms with E-state index in [2.05, 4.69) is 62.5 Å². The molecule has 5 nitrogen and oxygen atoms in total. The second-order valence-corrected chi connectivity index (χ2v) is 6.65. The van der Waals surface area contributed by atoms with Crippen molar-refractivity contribution in [2.24, 2.45) is 4.99 Å². The summed E-state index contributed by atoms with van der Waals surface area (Å²) in [7, 11) is 1.80. The lowest BCUT2D eigenvalue weighted by Crippen LogP contribution is -2.39. The van der Waals surface area contributed by atoms with Crippen molar-refractivity contribution in [3.05, 3.63) is 70.7 Å². The fourth-order valence-electron chi connectivity index (χ4n) is 2.54. The summed E-state index contributed by atoms with van der Waals surface area (Å²) in [5.41, 5.74) is 2.37. The van der Waals surface area contributed by atoms with Gasteiger partial charge in [-0.3, -0.25) is 4.99 Å². The Labute approximate surface area is 152 Å². The van der Waals surface area contributed by atoms with Gasteiger partial charge in [0, 0.05) is 37.4 Å². The lowest BCUT2D eigenvalue weighted by atomic mass is 10.1. The highest BCUT2D eigenvalue weighted by atomic mass is 32.1. The second kappa shape index (κ2) is 9.03. The molecule has 0 amide bonds. The number of aromatic nitrogens is 2. The average molecular weight is 353 g/mol. The van der Waals surface area contributed by atoms with Gasteiger partial charge in [-0.25, -0.2) is 4.68 Å². The van der Waals surface area contributed by atoms with Gasteiger partial charge in [-0.2, -0.15) is 5.10 Å². The molecule has 1 aromatic carbocycles. The normalized spacial score (nSPS) is 11.5. The number of aliphatic imine (C=N–C) groups is 1. The van der Waals surface area contributed by atoms with Crippen LogP contribution >= 0.6 is 11.3 Å². The SMILES string of the molecule is CN=C(NCCc1ccc(-n2cccn2)cc1)NCCc1cccs1. The molecule has 3 aromatic rings. The molecule has 0 aliphatic heterocycles. The Hall–Kier alpha value is -2.60. The monoisotopic (exact) mass is 353 g/mol. The number of nitrogens with zero attached hydrogens (tertiary/aromatic N) is 3. The summed E-state index contributed by atoms with van der Waals surface area (Å²) in [6.07, 6.45) is 5.70. The predicted octanol–water partition coefficient (Wildman–Crippen LogP) is 2.88. The van der Waals surface area contributed by atoms with Crippen molar-refractivity contribution in [2.75, 3.05) is 20.1 Å². The van der Waals surface area contributed by atoms with E-state index >= 15 is 0 Å². The standard InChI is InChI=1S/C19H23N5S/c1-20-19(22-13-10-18-4-2-15-25-18)21-12-9-16-5-7-17(8-6-16)24-14-3-11-23-24/h2-8,11,14-15H,9-10,12-13H2,1H3,(H2,20,21,22). The summed E-state index contributed by atoms with van der Waals surface area (Å²) >= 11 is 1.79. The van der Waals surface area contributed by atoms with Gasteiger partial charge in [-0.15, -0.1) is 11.3 Å². The number of thiophene rings is 1. The van der Waals surface area contributed by atoms with E-state index in [1.807, 2.05) is 16.9 Å². The van der Waals surface area contributed by atoms with Crippen LogP contribution in [-0.4, -0.2) is 35.9 Å². The fraction of sp³-hybridized carbons (Fsp3) is 0.263. The first kappa shape index (κ1) is 17.2. The second-order valence-electron chi connectivity index (χ2n) is 5.62. The zero-order chi connectivity index (χ0) is 17.3. The number of nitrogens with one attached hydrogen (secondary N) is 2. The third-order valence-corrected chi connectivity index (χ3v) is 4.82. The Bertz CT molecular complexity index is 761. The van der Waals surface area contributed by atoms with Gasteiger partial charge in [0.2, 0.25) is 0 Å². The molecule has 0 radical (unpaired) electrons. The van der Waals surface area contributed by atoms with Crippen LogP contribution in [0.4, 0.5) is 0 Å². The topological polar surface area (TPSA) is 54.2 Å². The maximum Gasteiger partial charge on any atom is 0.190 e. The van der Waals surface area contributed by atoms with Crippen LogP contribution in [0.1, 0.15) is 10.4 Å². The first-order valence-corrected chi connectivity index (χ1v) is 9.29. The van der Waals surface area contributed by atoms with Crippen LogP contribution in [-0.2, 0) is 12.8 Å². The third-order valence-electron chi connectivity index (χ3n) is 3.88. The largest absolute Gasteiger partial charge is 0.356 e. The highest BCUT2D eigenvalue weighted by Crippen LogP contribution is 2.09. The fourth-order valence-corrected chi connectivity index (χ4v) is 3.25. The predicted molar refractivity (Wildman–Crippen MR) is 105 cm³/mol. The lowest BCUT2D eigenvalue weighted by molar-refractivity contribution is 0.787. The molecule has 0 fully saturated rings. The minimum Gasteiger partial charge on any atom is -0.356 e. The van der Waals surface area contributed by atoms with Gasteiger partial charge in [-0.05, 0) is 48.1 Å². The molecule has 0 unspecified atom stereocenters. The van der Waals surface area contributed by atoms with Crippen molar-refractivity contribution < 1.29 is 0 Å². The Morgan fingerprint density at radius 3 is 2.52 bits per heavy atom. The van der Waals surface area contributed by atoms with E-state index in [-0.39, 0.29) is 0 Å². The summed E-state index contributed by atoms with van der Waals surface area (Å²) in [4.78, 5) is 5.66. The van der Waals surface area contributed by atoms with Gasteiger partial charge in [0.15, 0.2) is 5.96 Å². The summed E-state index contributed by atoms with van der Waals surface area (Å²) < 4.78 is 1.86. The molecule has 130 valence electrons. The van der Waals surface area contributed by atoms with Crippen molar-refractivity contribution >= 4 is 17.3 Å². The quantitative estimate of drug-likeness (QED) is 0.507. The molecule has 2 aromatic heterocycles. The van der Waals surface area contributed by atoms with Crippen LogP contribution < -0.4 is 10.6 Å². The van der Waals surface area contributed by atoms with E-state index in [9.17, 15) is 0 Å². The van der Waals surface area contributed by atoms with E-state index in [1.54, 1.807) is 24.6 Å². The minimum atomic E-state index is 0.847. The third kappa shape index (κ3) is 5.19. The molecule has 0 atom stereocenters. The molecule has 0 saturated heterocycles. The number of benzene rings is 1. The van der Waals surface area contributed by atoms with E-state index in [0.717, 1.165) is 37.6 Å². The van der Waals surface area contributed by atoms with Crippen molar-refractivity contribution in [3.8, 4) is 5.69 Å². The molecular weight excluding hydrogens is 330 g/mol. The average Bonchev–Trinajstić information content (AvgIpc) is 3.35. The molecule has 0 saturated carbocycles. The van der Waals surface area contributed by atoms with Crippen molar-refractivity contribution in [1.29, 1.82) is 0 Å². The maximum atomic E-state index is 4.27. The number of guanidine groups is 1. The van der Waals surface area contributed by atoms with Gasteiger partial charge >= 0.3 is 0 Å². The van der Waals surface area contributed by atoms with Gasteiger partial charge in [-0.1, -0.05) is 18.2 Å². The highest BCUT2D eigenvalue weighted by molar-refractivity contribution is 7.09. The van der Waals surface area contributed by atoms with E-state index in [4.69, 9.17) is 0 Å². The van der Waals surface area contributed by atoms with Crippen LogP contribution in [0, 0.1) is 0 Å². The van der Waals surface area contributed by atoms with Gasteiger partial charge < -0.3 is 10.6 Å². The van der Waals surface area contributed by atoms with Gasteiger partial charge in [0.1, 0.15) is 0 Å². The van der Waals surface area contributed by atoms with Crippen LogP contribution in [0.5, 0.6) is 0 Å². The van der Waals surface area contributed by atoms with Crippen molar-refractivity contribution in [3.63, 3.8) is 0 Å². The summed E-state index contributed by atoms with van der Waals surface area (Å²) in [5, 5.41) is 13.1. The molecule has 2 N–H and O–H groups in total. The number of rotatable bonds is 7. The van der Waals surface area contributed by atoms with Crippen molar-refractivity contribution in [1.82, 2.24) is 20.4 Å². The maximum absolute atomic E-state index is 4.27. The Balaban J connectivity index is 1.40.